The van der Waals surface area contributed by atoms with Crippen molar-refractivity contribution in [3.8, 4) is 0 Å². The molecule has 23 heavy (non-hydrogen) atoms. The Morgan fingerprint density at radius 3 is 2.26 bits per heavy atom. The number of rotatable bonds is 10. The first kappa shape index (κ1) is 18.7. The van der Waals surface area contributed by atoms with Crippen LogP contribution in [0.25, 0.3) is 0 Å². The summed E-state index contributed by atoms with van der Waals surface area (Å²) >= 11 is 0. The Morgan fingerprint density at radius 1 is 1.17 bits per heavy atom. The van der Waals surface area contributed by atoms with Gasteiger partial charge in [-0.2, -0.15) is 0 Å². The van der Waals surface area contributed by atoms with Gasteiger partial charge in [-0.25, -0.2) is 13.1 Å². The summed E-state index contributed by atoms with van der Waals surface area (Å²) in [7, 11) is -3.35. The van der Waals surface area contributed by atoms with Gasteiger partial charge < -0.3 is 5.32 Å². The molecule has 0 bridgehead atoms. The lowest BCUT2D eigenvalue weighted by molar-refractivity contribution is -0.125. The Kier molecular flexibility index (Phi) is 6.48. The molecule has 0 heterocycles. The first-order chi connectivity index (χ1) is 10.8. The Bertz CT molecular complexity index is 496. The molecule has 5 nitrogen and oxygen atoms in total. The van der Waals surface area contributed by atoms with Crippen LogP contribution in [0, 0.1) is 11.8 Å². The van der Waals surface area contributed by atoms with Crippen LogP contribution in [0.1, 0.15) is 72.1 Å². The lowest BCUT2D eigenvalue weighted by Crippen LogP contribution is -2.54. The number of hydrogen-bond acceptors (Lipinski definition) is 3. The van der Waals surface area contributed by atoms with E-state index in [-0.39, 0.29) is 23.1 Å². The predicted molar refractivity (Wildman–Crippen MR) is 92.5 cm³/mol. The summed E-state index contributed by atoms with van der Waals surface area (Å²) in [5, 5.41) is 2.86. The lowest BCUT2D eigenvalue weighted by atomic mass is 9.78. The maximum atomic E-state index is 12.7. The molecule has 2 fully saturated rings. The third-order valence-electron chi connectivity index (χ3n) is 5.12. The van der Waals surface area contributed by atoms with Crippen molar-refractivity contribution in [1.82, 2.24) is 10.0 Å². The SMILES string of the molecule is CCCCC(NC(=O)[C@H](NS(=O)(=O)C1CC1)C(C)C)C1CCC1. The fourth-order valence-corrected chi connectivity index (χ4v) is 4.79. The molecule has 134 valence electrons. The van der Waals surface area contributed by atoms with E-state index < -0.39 is 16.1 Å². The second kappa shape index (κ2) is 7.97. The van der Waals surface area contributed by atoms with Crippen LogP contribution in [0.5, 0.6) is 0 Å². The van der Waals surface area contributed by atoms with Crippen LogP contribution in [0.4, 0.5) is 0 Å². The van der Waals surface area contributed by atoms with Crippen LogP contribution < -0.4 is 10.0 Å². The molecule has 0 aromatic heterocycles. The average Bonchev–Trinajstić information content (AvgIpc) is 3.24. The Hall–Kier alpha value is -0.620. The highest BCUT2D eigenvalue weighted by Gasteiger charge is 2.39. The van der Waals surface area contributed by atoms with Crippen molar-refractivity contribution in [2.24, 2.45) is 11.8 Å². The molecule has 6 heteroatoms. The van der Waals surface area contributed by atoms with Gasteiger partial charge in [0.25, 0.3) is 0 Å². The molecular weight excluding hydrogens is 312 g/mol. The molecule has 0 saturated heterocycles. The van der Waals surface area contributed by atoms with E-state index >= 15 is 0 Å². The van der Waals surface area contributed by atoms with Gasteiger partial charge >= 0.3 is 0 Å². The molecule has 2 rings (SSSR count). The van der Waals surface area contributed by atoms with E-state index in [1.807, 2.05) is 13.8 Å². The molecule has 0 spiro atoms. The molecule has 1 amide bonds. The minimum absolute atomic E-state index is 0.0586. The Balaban J connectivity index is 1.97. The van der Waals surface area contributed by atoms with Crippen molar-refractivity contribution in [3.63, 3.8) is 0 Å². The van der Waals surface area contributed by atoms with Crippen LogP contribution >= 0.6 is 0 Å². The highest BCUT2D eigenvalue weighted by Crippen LogP contribution is 2.32. The van der Waals surface area contributed by atoms with Crippen molar-refractivity contribution in [1.29, 1.82) is 0 Å². The first-order valence-corrected chi connectivity index (χ1v) is 10.7. The van der Waals surface area contributed by atoms with E-state index in [2.05, 4.69) is 17.0 Å². The number of unbranched alkanes of at least 4 members (excludes halogenated alkanes) is 1. The zero-order chi connectivity index (χ0) is 17.0. The van der Waals surface area contributed by atoms with Gasteiger partial charge in [-0.15, -0.1) is 0 Å². The number of amides is 1. The van der Waals surface area contributed by atoms with Gasteiger partial charge in [-0.05, 0) is 43.9 Å². The normalized spacial score (nSPS) is 21.7. The summed E-state index contributed by atoms with van der Waals surface area (Å²) in [5.41, 5.74) is 0. The van der Waals surface area contributed by atoms with Gasteiger partial charge in [0.05, 0.1) is 5.25 Å². The van der Waals surface area contributed by atoms with Crippen LogP contribution in [-0.2, 0) is 14.8 Å². The van der Waals surface area contributed by atoms with Gasteiger partial charge in [-0.1, -0.05) is 40.0 Å². The van der Waals surface area contributed by atoms with E-state index in [0.29, 0.717) is 18.8 Å². The number of hydrogen-bond donors (Lipinski definition) is 2. The molecule has 1 unspecified atom stereocenters. The predicted octanol–water partition coefficient (Wildman–Crippen LogP) is 2.57. The summed E-state index contributed by atoms with van der Waals surface area (Å²) < 4.78 is 27.0. The monoisotopic (exact) mass is 344 g/mol. The zero-order valence-corrected chi connectivity index (χ0v) is 15.5. The number of carbonyl (C=O) groups is 1. The number of nitrogens with one attached hydrogen (secondary N) is 2. The molecule has 2 N–H and O–H groups in total. The van der Waals surface area contributed by atoms with Crippen LogP contribution in [0.15, 0.2) is 0 Å². The molecule has 2 saturated carbocycles. The summed E-state index contributed by atoms with van der Waals surface area (Å²) in [6, 6.07) is -0.465. The minimum Gasteiger partial charge on any atom is -0.352 e. The van der Waals surface area contributed by atoms with Gasteiger partial charge in [0, 0.05) is 6.04 Å². The van der Waals surface area contributed by atoms with E-state index in [1.54, 1.807) is 0 Å². The minimum atomic E-state index is -3.35. The molecular formula is C17H32N2O3S. The fourth-order valence-electron chi connectivity index (χ4n) is 3.11. The molecule has 2 atom stereocenters. The Morgan fingerprint density at radius 2 is 1.83 bits per heavy atom. The molecule has 0 aliphatic heterocycles. The maximum Gasteiger partial charge on any atom is 0.238 e. The van der Waals surface area contributed by atoms with Gasteiger partial charge in [0.15, 0.2) is 0 Å². The quantitative estimate of drug-likeness (QED) is 0.639. The highest BCUT2D eigenvalue weighted by molar-refractivity contribution is 7.90. The molecule has 0 aromatic carbocycles. The average molecular weight is 345 g/mol. The summed E-state index contributed by atoms with van der Waals surface area (Å²) in [4.78, 5) is 12.7. The topological polar surface area (TPSA) is 75.3 Å². The molecule has 0 radical (unpaired) electrons. The van der Waals surface area contributed by atoms with Crippen molar-refractivity contribution in [2.45, 2.75) is 89.5 Å². The first-order valence-electron chi connectivity index (χ1n) is 9.16. The highest BCUT2D eigenvalue weighted by atomic mass is 32.2. The van der Waals surface area contributed by atoms with Crippen LogP contribution in [0.3, 0.4) is 0 Å². The second-order valence-corrected chi connectivity index (χ2v) is 9.52. The Labute approximate surface area is 141 Å². The van der Waals surface area contributed by atoms with E-state index in [0.717, 1.165) is 19.3 Å². The summed E-state index contributed by atoms with van der Waals surface area (Å²) in [5.74, 6) is 0.354. The van der Waals surface area contributed by atoms with Crippen LogP contribution in [-0.4, -0.2) is 31.7 Å². The van der Waals surface area contributed by atoms with Gasteiger partial charge in [-0.3, -0.25) is 4.79 Å². The fraction of sp³-hybridized carbons (Fsp3) is 0.941. The van der Waals surface area contributed by atoms with E-state index in [9.17, 15) is 13.2 Å². The van der Waals surface area contributed by atoms with Crippen molar-refractivity contribution in [2.75, 3.05) is 0 Å². The van der Waals surface area contributed by atoms with Crippen molar-refractivity contribution < 1.29 is 13.2 Å². The van der Waals surface area contributed by atoms with Gasteiger partial charge in [0.1, 0.15) is 6.04 Å². The van der Waals surface area contributed by atoms with Gasteiger partial charge in [0.2, 0.25) is 15.9 Å². The number of carbonyl (C=O) groups excluding carboxylic acids is 1. The van der Waals surface area contributed by atoms with Crippen LogP contribution in [0.2, 0.25) is 0 Å². The molecule has 0 aromatic rings. The third-order valence-corrected chi connectivity index (χ3v) is 7.05. The molecule has 2 aliphatic carbocycles. The van der Waals surface area contributed by atoms with E-state index in [1.165, 1.54) is 19.3 Å². The maximum absolute atomic E-state index is 12.7. The summed E-state index contributed by atoms with van der Waals surface area (Å²) in [6.07, 6.45) is 8.22. The second-order valence-electron chi connectivity index (χ2n) is 7.53. The smallest absolute Gasteiger partial charge is 0.238 e. The standard InChI is InChI=1S/C17H32N2O3S/c1-4-5-9-15(13-7-6-8-13)18-17(20)16(12(2)3)19-23(21,22)14-10-11-14/h12-16,19H,4-11H2,1-3H3,(H,18,20)/t15?,16-/m1/s1. The third kappa shape index (κ3) is 5.18. The molecule has 2 aliphatic rings. The van der Waals surface area contributed by atoms with Crippen molar-refractivity contribution in [3.05, 3.63) is 0 Å². The van der Waals surface area contributed by atoms with E-state index in [4.69, 9.17) is 0 Å². The zero-order valence-electron chi connectivity index (χ0n) is 14.7. The lowest BCUT2D eigenvalue weighted by Gasteiger charge is -2.35. The van der Waals surface area contributed by atoms with Crippen molar-refractivity contribution >= 4 is 15.9 Å². The summed E-state index contributed by atoms with van der Waals surface area (Å²) in [6.45, 7) is 5.94. The number of sulfonamides is 1. The largest absolute Gasteiger partial charge is 0.352 e.